The van der Waals surface area contributed by atoms with Gasteiger partial charge < -0.3 is 74.6 Å². The van der Waals surface area contributed by atoms with E-state index in [0.29, 0.717) is 60.8 Å². The van der Waals surface area contributed by atoms with Crippen LogP contribution in [0.25, 0.3) is 11.0 Å². The number of aromatic nitrogens is 3. The Morgan fingerprint density at radius 2 is 1.74 bits per heavy atom. The van der Waals surface area contributed by atoms with Gasteiger partial charge in [0, 0.05) is 59.7 Å². The third-order valence-electron chi connectivity index (χ3n) is 12.1. The Morgan fingerprint density at radius 1 is 0.985 bits per heavy atom. The van der Waals surface area contributed by atoms with Crippen molar-refractivity contribution in [3.63, 3.8) is 0 Å². The number of unbranched alkanes of at least 4 members (excludes halogenated alkanes) is 1. The highest BCUT2D eigenvalue weighted by molar-refractivity contribution is 6.00. The summed E-state index contributed by atoms with van der Waals surface area (Å²) >= 11 is 0. The third-order valence-corrected chi connectivity index (χ3v) is 12.1. The minimum atomic E-state index is -1.75. The number of benzene rings is 1. The highest BCUT2D eigenvalue weighted by Gasteiger charge is 2.53. The Bertz CT molecular complexity index is 2170. The lowest BCUT2D eigenvalue weighted by Crippen LogP contribution is -2.68. The van der Waals surface area contributed by atoms with E-state index < -0.39 is 85.8 Å². The van der Waals surface area contributed by atoms with Crippen LogP contribution in [0.2, 0.25) is 0 Å². The Balaban J connectivity index is 0.973. The number of likely N-dealkylation sites (N-methyl/N-ethyl adjacent to an activating group) is 1. The van der Waals surface area contributed by atoms with Gasteiger partial charge in [-0.15, -0.1) is 0 Å². The number of hydrogen-bond acceptors (Lipinski definition) is 18. The summed E-state index contributed by atoms with van der Waals surface area (Å²) in [6, 6.07) is 8.87. The summed E-state index contributed by atoms with van der Waals surface area (Å²) < 4.78 is 35.2. The van der Waals surface area contributed by atoms with Crippen LogP contribution in [-0.4, -0.2) is 185 Å². The zero-order valence-corrected chi connectivity index (χ0v) is 37.4. The normalized spacial score (nSPS) is 28.8. The fraction of sp³-hybridized carbons (Fsp3) is 0.605. The molecule has 4 unspecified atom stereocenters. The number of aliphatic hydroxyl groups excluding tert-OH is 4. The minimum Gasteiger partial charge on any atom is -0.494 e. The van der Waals surface area contributed by atoms with Gasteiger partial charge in [-0.05, 0) is 55.5 Å². The molecular formula is C43H59N9O14. The number of hydrogen-bond donors (Lipinski definition) is 7. The van der Waals surface area contributed by atoms with Gasteiger partial charge >= 0.3 is 6.03 Å². The van der Waals surface area contributed by atoms with Crippen molar-refractivity contribution in [3.8, 4) is 11.8 Å². The smallest absolute Gasteiger partial charge is 0.331 e. The van der Waals surface area contributed by atoms with Crippen LogP contribution in [0.5, 0.6) is 5.75 Å². The molecule has 3 aliphatic rings. The predicted molar refractivity (Wildman–Crippen MR) is 232 cm³/mol. The zero-order valence-electron chi connectivity index (χ0n) is 37.4. The van der Waals surface area contributed by atoms with E-state index in [1.165, 1.54) is 32.0 Å². The number of rotatable bonds is 17. The average Bonchev–Trinajstić information content (AvgIpc) is 3.75. The minimum absolute atomic E-state index is 0.0605. The average molecular weight is 926 g/mol. The van der Waals surface area contributed by atoms with E-state index in [0.717, 1.165) is 6.42 Å². The van der Waals surface area contributed by atoms with Crippen LogP contribution >= 0.6 is 0 Å². The number of nitriles is 1. The molecule has 5 heterocycles. The molecule has 66 heavy (non-hydrogen) atoms. The number of nitrogens with one attached hydrogen (secondary N) is 3. The molecule has 3 saturated heterocycles. The van der Waals surface area contributed by atoms with Crippen molar-refractivity contribution in [2.75, 3.05) is 64.3 Å². The molecule has 0 radical (unpaired) electrons. The molecule has 6 rings (SSSR count). The van der Waals surface area contributed by atoms with Crippen molar-refractivity contribution in [1.29, 1.82) is 5.26 Å². The number of methoxy groups -OCH3 is 2. The molecule has 1 aromatic carbocycles. The van der Waals surface area contributed by atoms with E-state index in [1.807, 2.05) is 18.0 Å². The molecule has 3 fully saturated rings. The molecule has 3 aromatic rings. The van der Waals surface area contributed by atoms with Gasteiger partial charge in [0.15, 0.2) is 24.3 Å². The number of piperidine rings is 1. The Hall–Kier alpha value is -5.55. The molecule has 0 spiro atoms. The number of anilines is 2. The van der Waals surface area contributed by atoms with E-state index in [1.54, 1.807) is 41.4 Å². The first-order valence-corrected chi connectivity index (χ1v) is 21.7. The standard InChI is InChI=1S/C43H59N9O14/c1-23-13-17-51(30(55)12-15-44)20-28(23)50(3)38-27-14-18-52(39(27)47-22-46-38)43(60)49-25-8-10-26(11-9-25)63-19-7-6-16-45-40(59)37-36(61-4)33(57)34(58)42(66-37)65-35-31(48-24(2)54)41(62-5)64-29(21-53)32(35)56/h8-11,14,18,22-23,28-29,31-37,41-42,53,56-58H,6-7,12-13,16-17,19-21H2,1-5H3,(H,45,59)(H,48,54)(H,49,60)/t23-,28+,29?,31?,32-,33-,34?,35-,36+,37?,41-,42-/m1/s1. The largest absolute Gasteiger partial charge is 0.494 e. The number of amides is 4. The number of carbonyl (C=O) groups is 4. The van der Waals surface area contributed by atoms with Gasteiger partial charge in [0.05, 0.1) is 30.7 Å². The van der Waals surface area contributed by atoms with Gasteiger partial charge in [-0.2, -0.15) is 5.26 Å². The number of fused-ring (bicyclic) bond motifs is 1. The summed E-state index contributed by atoms with van der Waals surface area (Å²) in [6.07, 6.45) is -8.51. The molecule has 23 nitrogen and oxygen atoms in total. The van der Waals surface area contributed by atoms with Crippen molar-refractivity contribution in [3.05, 3.63) is 42.9 Å². The molecule has 4 amide bonds. The molecule has 2 aromatic heterocycles. The van der Waals surface area contributed by atoms with Gasteiger partial charge in [-0.1, -0.05) is 6.92 Å². The lowest BCUT2D eigenvalue weighted by Gasteiger charge is -2.47. The highest BCUT2D eigenvalue weighted by atomic mass is 16.7. The van der Waals surface area contributed by atoms with Crippen LogP contribution < -0.4 is 25.6 Å². The molecule has 0 bridgehead atoms. The molecule has 0 aliphatic carbocycles. The summed E-state index contributed by atoms with van der Waals surface area (Å²) in [7, 11) is 4.43. The summed E-state index contributed by atoms with van der Waals surface area (Å²) in [5.74, 6) is 0.0216. The van der Waals surface area contributed by atoms with Gasteiger partial charge in [0.25, 0.3) is 5.91 Å². The molecule has 23 heteroatoms. The van der Waals surface area contributed by atoms with E-state index in [4.69, 9.17) is 33.7 Å². The SMILES string of the molecule is CO[C@@H]1OC(CO)[C@@H](O)[C@H](O[C@@H]2OC(C(=O)NCCCCOc3ccc(NC(=O)n4ccc5c(N(C)[C@H]6CN(C(=O)CC#N)CC[C@H]6C)ncnc54)cc3)[C@@H](OC)[C@H](O)C2O)C1NC(C)=O. The van der Waals surface area contributed by atoms with Crippen LogP contribution in [0.3, 0.4) is 0 Å². The van der Waals surface area contributed by atoms with Crippen LogP contribution in [0.4, 0.5) is 16.3 Å². The van der Waals surface area contributed by atoms with Crippen LogP contribution in [0.1, 0.15) is 39.5 Å². The number of likely N-dealkylation sites (tertiary alicyclic amines) is 1. The first kappa shape index (κ1) is 49.9. The predicted octanol–water partition coefficient (Wildman–Crippen LogP) is -0.550. The second kappa shape index (κ2) is 22.8. The van der Waals surface area contributed by atoms with Gasteiger partial charge in [-0.25, -0.2) is 14.8 Å². The van der Waals surface area contributed by atoms with E-state index in [-0.39, 0.29) is 30.8 Å². The quantitative estimate of drug-likeness (QED) is 0.0836. The molecule has 360 valence electrons. The molecule has 12 atom stereocenters. The Kier molecular flexibility index (Phi) is 17.2. The lowest BCUT2D eigenvalue weighted by molar-refractivity contribution is -0.338. The van der Waals surface area contributed by atoms with E-state index in [2.05, 4.69) is 32.8 Å². The third kappa shape index (κ3) is 11.3. The summed E-state index contributed by atoms with van der Waals surface area (Å²) in [4.78, 5) is 63.9. The second-order valence-corrected chi connectivity index (χ2v) is 16.4. The maximum absolute atomic E-state index is 13.4. The van der Waals surface area contributed by atoms with Crippen molar-refractivity contribution in [2.45, 2.75) is 107 Å². The Morgan fingerprint density at radius 3 is 2.42 bits per heavy atom. The molecule has 0 saturated carbocycles. The monoisotopic (exact) mass is 925 g/mol. The zero-order chi connectivity index (χ0) is 47.7. The maximum Gasteiger partial charge on any atom is 0.331 e. The number of carbonyl (C=O) groups excluding carboxylic acids is 4. The van der Waals surface area contributed by atoms with E-state index >= 15 is 0 Å². The molecule has 7 N–H and O–H groups in total. The fourth-order valence-electron chi connectivity index (χ4n) is 8.44. The van der Waals surface area contributed by atoms with Crippen LogP contribution in [-0.2, 0) is 38.1 Å². The van der Waals surface area contributed by atoms with Crippen molar-refractivity contribution in [2.24, 2.45) is 5.92 Å². The van der Waals surface area contributed by atoms with E-state index in [9.17, 15) is 39.6 Å². The highest BCUT2D eigenvalue weighted by Crippen LogP contribution is 2.32. The molecule has 3 aliphatic heterocycles. The summed E-state index contributed by atoms with van der Waals surface area (Å²) in [5, 5.41) is 60.4. The van der Waals surface area contributed by atoms with Crippen molar-refractivity contribution >= 4 is 46.3 Å². The van der Waals surface area contributed by atoms with Crippen LogP contribution in [0, 0.1) is 17.2 Å². The second-order valence-electron chi connectivity index (χ2n) is 16.4. The Labute approximate surface area is 380 Å². The van der Waals surface area contributed by atoms with Gasteiger partial charge in [0.2, 0.25) is 11.8 Å². The van der Waals surface area contributed by atoms with Gasteiger partial charge in [-0.3, -0.25) is 19.0 Å². The topological polar surface area (TPSA) is 302 Å². The first-order valence-electron chi connectivity index (χ1n) is 21.7. The van der Waals surface area contributed by atoms with Crippen molar-refractivity contribution < 1.29 is 68.0 Å². The first-order chi connectivity index (χ1) is 31.7. The maximum atomic E-state index is 13.4. The fourth-order valence-corrected chi connectivity index (χ4v) is 8.44. The number of ether oxygens (including phenoxy) is 6. The molecular weight excluding hydrogens is 867 g/mol. The summed E-state index contributed by atoms with van der Waals surface area (Å²) in [5.41, 5.74) is 0.916. The number of aliphatic hydroxyl groups is 4. The van der Waals surface area contributed by atoms with Gasteiger partial charge in [0.1, 0.15) is 67.0 Å². The number of nitrogens with zero attached hydrogens (tertiary/aromatic N) is 6. The van der Waals surface area contributed by atoms with Crippen LogP contribution in [0.15, 0.2) is 42.9 Å². The lowest BCUT2D eigenvalue weighted by atomic mass is 9.92. The summed E-state index contributed by atoms with van der Waals surface area (Å²) in [6.45, 7) is 4.23. The van der Waals surface area contributed by atoms with Crippen molar-refractivity contribution in [1.82, 2.24) is 30.1 Å².